The second-order valence-corrected chi connectivity index (χ2v) is 4.31. The number of benzene rings is 2. The van der Waals surface area contributed by atoms with Gasteiger partial charge in [0.1, 0.15) is 5.75 Å². The summed E-state index contributed by atoms with van der Waals surface area (Å²) >= 11 is 1.38. The molecule has 0 atom stereocenters. The van der Waals surface area contributed by atoms with Crippen molar-refractivity contribution < 1.29 is 9.90 Å². The molecule has 16 heavy (non-hydrogen) atoms. The van der Waals surface area contributed by atoms with Gasteiger partial charge in [0.05, 0.1) is 4.90 Å². The Kier molecular flexibility index (Phi) is 3.27. The van der Waals surface area contributed by atoms with Crippen molar-refractivity contribution in [2.45, 2.75) is 9.79 Å². The third-order valence-corrected chi connectivity index (χ3v) is 3.29. The Morgan fingerprint density at radius 1 is 0.938 bits per heavy atom. The van der Waals surface area contributed by atoms with E-state index in [1.807, 2.05) is 30.3 Å². The summed E-state index contributed by atoms with van der Waals surface area (Å²) in [7, 11) is 0. The maximum atomic E-state index is 10.8. The van der Waals surface area contributed by atoms with Crippen molar-refractivity contribution in [1.82, 2.24) is 0 Å². The average Bonchev–Trinajstić information content (AvgIpc) is 2.33. The van der Waals surface area contributed by atoms with Gasteiger partial charge in [-0.05, 0) is 18.2 Å². The molecule has 0 fully saturated rings. The van der Waals surface area contributed by atoms with Crippen LogP contribution in [0.5, 0.6) is 5.75 Å². The van der Waals surface area contributed by atoms with Gasteiger partial charge in [-0.2, -0.15) is 0 Å². The van der Waals surface area contributed by atoms with Crippen LogP contribution in [0.1, 0.15) is 10.4 Å². The number of carbonyl (C=O) groups is 1. The minimum absolute atomic E-state index is 0.230. The Balaban J connectivity index is 2.34. The molecule has 2 aromatic carbocycles. The molecule has 2 aromatic rings. The lowest BCUT2D eigenvalue weighted by Crippen LogP contribution is -1.84. The van der Waals surface area contributed by atoms with E-state index in [1.54, 1.807) is 18.2 Å². The molecule has 0 aromatic heterocycles. The zero-order valence-corrected chi connectivity index (χ0v) is 9.28. The van der Waals surface area contributed by atoms with Gasteiger partial charge in [0.2, 0.25) is 0 Å². The number of hydrogen-bond donors (Lipinski definition) is 1. The van der Waals surface area contributed by atoms with E-state index in [1.165, 1.54) is 11.8 Å². The summed E-state index contributed by atoms with van der Waals surface area (Å²) in [6, 6.07) is 14.4. The predicted octanol–water partition coefficient (Wildman–Crippen LogP) is 3.36. The molecule has 1 N–H and O–H groups in total. The van der Waals surface area contributed by atoms with Crippen molar-refractivity contribution in [2.75, 3.05) is 0 Å². The van der Waals surface area contributed by atoms with Gasteiger partial charge in [-0.15, -0.1) is 0 Å². The largest absolute Gasteiger partial charge is 0.507 e. The monoisotopic (exact) mass is 230 g/mol. The number of phenols is 1. The van der Waals surface area contributed by atoms with E-state index >= 15 is 0 Å². The topological polar surface area (TPSA) is 37.3 Å². The molecule has 3 heteroatoms. The van der Waals surface area contributed by atoms with E-state index in [4.69, 9.17) is 0 Å². The quantitative estimate of drug-likeness (QED) is 0.821. The van der Waals surface area contributed by atoms with Crippen LogP contribution in [0.4, 0.5) is 0 Å². The van der Waals surface area contributed by atoms with E-state index in [-0.39, 0.29) is 5.75 Å². The maximum Gasteiger partial charge on any atom is 0.151 e. The first-order valence-electron chi connectivity index (χ1n) is 4.81. The zero-order chi connectivity index (χ0) is 11.4. The van der Waals surface area contributed by atoms with Crippen molar-refractivity contribution in [3.8, 4) is 5.75 Å². The smallest absolute Gasteiger partial charge is 0.151 e. The van der Waals surface area contributed by atoms with Crippen LogP contribution in [0.15, 0.2) is 58.3 Å². The van der Waals surface area contributed by atoms with Gasteiger partial charge in [-0.1, -0.05) is 42.1 Å². The molecule has 2 nitrogen and oxygen atoms in total. The number of hydrogen-bond acceptors (Lipinski definition) is 3. The second kappa shape index (κ2) is 4.86. The average molecular weight is 230 g/mol. The summed E-state index contributed by atoms with van der Waals surface area (Å²) in [6.45, 7) is 0. The fourth-order valence-electron chi connectivity index (χ4n) is 1.33. The molecule has 0 spiro atoms. The molecule has 0 saturated heterocycles. The van der Waals surface area contributed by atoms with Crippen molar-refractivity contribution in [3.05, 3.63) is 54.1 Å². The fraction of sp³-hybridized carbons (Fsp3) is 0. The van der Waals surface area contributed by atoms with Crippen LogP contribution >= 0.6 is 11.8 Å². The Morgan fingerprint density at radius 2 is 1.56 bits per heavy atom. The Bertz CT molecular complexity index is 509. The predicted molar refractivity (Wildman–Crippen MR) is 64.1 cm³/mol. The molecule has 2 rings (SSSR count). The maximum absolute atomic E-state index is 10.8. The molecule has 0 unspecified atom stereocenters. The molecule has 0 bridgehead atoms. The van der Waals surface area contributed by atoms with Crippen molar-refractivity contribution in [3.63, 3.8) is 0 Å². The number of rotatable bonds is 3. The summed E-state index contributed by atoms with van der Waals surface area (Å²) in [5, 5.41) is 9.63. The number of aromatic hydroxyl groups is 1. The van der Waals surface area contributed by atoms with Gasteiger partial charge in [0.25, 0.3) is 0 Å². The lowest BCUT2D eigenvalue weighted by atomic mass is 10.2. The number of carbonyl (C=O) groups excluding carboxylic acids is 1. The summed E-state index contributed by atoms with van der Waals surface area (Å²) in [6.07, 6.45) is 0.822. The summed E-state index contributed by atoms with van der Waals surface area (Å²) in [5.41, 5.74) is 0.635. The van der Waals surface area contributed by atoms with E-state index in [9.17, 15) is 9.90 Å². The van der Waals surface area contributed by atoms with Gasteiger partial charge in [-0.25, -0.2) is 0 Å². The van der Waals surface area contributed by atoms with Crippen LogP contribution in [0.2, 0.25) is 0 Å². The first-order chi connectivity index (χ1) is 7.81. The third-order valence-electron chi connectivity index (χ3n) is 2.13. The second-order valence-electron chi connectivity index (χ2n) is 3.23. The van der Waals surface area contributed by atoms with E-state index in [0.717, 1.165) is 16.1 Å². The fourth-order valence-corrected chi connectivity index (χ4v) is 2.27. The molecule has 0 heterocycles. The third kappa shape index (κ3) is 2.25. The Labute approximate surface area is 97.9 Å². The van der Waals surface area contributed by atoms with Gasteiger partial charge in [-0.3, -0.25) is 4.79 Å². The van der Waals surface area contributed by atoms with Crippen LogP contribution in [0.25, 0.3) is 0 Å². The first-order valence-corrected chi connectivity index (χ1v) is 5.63. The summed E-state index contributed by atoms with van der Waals surface area (Å²) < 4.78 is 0. The van der Waals surface area contributed by atoms with Crippen LogP contribution in [0, 0.1) is 0 Å². The molecule has 0 saturated carbocycles. The molecular formula is C13H10O2S. The van der Waals surface area contributed by atoms with Crippen molar-refractivity contribution >= 4 is 18.0 Å². The van der Waals surface area contributed by atoms with Gasteiger partial charge < -0.3 is 5.11 Å². The number of para-hydroxylation sites is 1. The lowest BCUT2D eigenvalue weighted by molar-refractivity contribution is 0.112. The highest BCUT2D eigenvalue weighted by Crippen LogP contribution is 2.35. The van der Waals surface area contributed by atoms with E-state index < -0.39 is 0 Å². The van der Waals surface area contributed by atoms with Crippen molar-refractivity contribution in [1.29, 1.82) is 0 Å². The highest BCUT2D eigenvalue weighted by Gasteiger charge is 2.05. The van der Waals surface area contributed by atoms with E-state index in [2.05, 4.69) is 0 Å². The first kappa shape index (κ1) is 10.8. The molecule has 0 aliphatic carbocycles. The van der Waals surface area contributed by atoms with E-state index in [0.29, 0.717) is 5.56 Å². The molecule has 0 aliphatic heterocycles. The molecule has 0 radical (unpaired) electrons. The molecule has 0 amide bonds. The Hall–Kier alpha value is -1.74. The Morgan fingerprint density at radius 3 is 2.25 bits per heavy atom. The lowest BCUT2D eigenvalue weighted by Gasteiger charge is -2.05. The van der Waals surface area contributed by atoms with Crippen LogP contribution in [0.3, 0.4) is 0 Å². The SMILES string of the molecule is O=Cc1ccccc1Sc1ccccc1O. The summed E-state index contributed by atoms with van der Waals surface area (Å²) in [5.74, 6) is 0.230. The molecule has 80 valence electrons. The van der Waals surface area contributed by atoms with Gasteiger partial charge >= 0.3 is 0 Å². The zero-order valence-electron chi connectivity index (χ0n) is 8.46. The van der Waals surface area contributed by atoms with Crippen LogP contribution in [-0.4, -0.2) is 11.4 Å². The molecule has 0 aliphatic rings. The number of phenolic OH excluding ortho intramolecular Hbond substituents is 1. The van der Waals surface area contributed by atoms with Gasteiger partial charge in [0.15, 0.2) is 6.29 Å². The number of aldehydes is 1. The van der Waals surface area contributed by atoms with Gasteiger partial charge in [0, 0.05) is 10.5 Å². The minimum atomic E-state index is 0.230. The van der Waals surface area contributed by atoms with Crippen LogP contribution < -0.4 is 0 Å². The van der Waals surface area contributed by atoms with Crippen molar-refractivity contribution in [2.24, 2.45) is 0 Å². The minimum Gasteiger partial charge on any atom is -0.507 e. The highest BCUT2D eigenvalue weighted by atomic mass is 32.2. The highest BCUT2D eigenvalue weighted by molar-refractivity contribution is 7.99. The van der Waals surface area contributed by atoms with Crippen LogP contribution in [-0.2, 0) is 0 Å². The summed E-state index contributed by atoms with van der Waals surface area (Å²) in [4.78, 5) is 12.4. The standard InChI is InChI=1S/C13H10O2S/c14-9-10-5-1-3-7-12(10)16-13-8-4-2-6-11(13)15/h1-9,15H. The molecular weight excluding hydrogens is 220 g/mol. The normalized spacial score (nSPS) is 10.0.